The molecule has 2 atom stereocenters. The number of sulfonamides is 1. The molecule has 0 unspecified atom stereocenters. The number of carbonyl (C=O) groups is 1. The van der Waals surface area contributed by atoms with Crippen molar-refractivity contribution in [3.8, 4) is 5.75 Å². The van der Waals surface area contributed by atoms with Crippen LogP contribution < -0.4 is 15.0 Å². The van der Waals surface area contributed by atoms with Crippen molar-refractivity contribution in [2.45, 2.75) is 50.5 Å². The number of rotatable bonds is 9. The summed E-state index contributed by atoms with van der Waals surface area (Å²) < 4.78 is 38.3. The number of morpholine rings is 1. The summed E-state index contributed by atoms with van der Waals surface area (Å²) in [6, 6.07) is 13.2. The molecular formula is C28H39N3O5S. The first-order valence-electron chi connectivity index (χ1n) is 13.2. The molecule has 2 heterocycles. The van der Waals surface area contributed by atoms with Crippen LogP contribution in [-0.4, -0.2) is 65.1 Å². The molecule has 4 rings (SSSR count). The number of methoxy groups -OCH3 is 1. The molecule has 0 aliphatic carbocycles. The number of ether oxygens (including phenoxy) is 2. The van der Waals surface area contributed by atoms with Gasteiger partial charge in [0.2, 0.25) is 15.9 Å². The second-order valence-electron chi connectivity index (χ2n) is 10.1. The van der Waals surface area contributed by atoms with E-state index in [0.29, 0.717) is 50.0 Å². The van der Waals surface area contributed by atoms with Gasteiger partial charge in [-0.3, -0.25) is 4.79 Å². The van der Waals surface area contributed by atoms with Gasteiger partial charge in [0.1, 0.15) is 5.75 Å². The maximum Gasteiger partial charge on any atom is 0.243 e. The molecule has 2 aliphatic heterocycles. The molecular weight excluding hydrogens is 490 g/mol. The van der Waals surface area contributed by atoms with Gasteiger partial charge in [0.15, 0.2) is 0 Å². The minimum atomic E-state index is -3.62. The van der Waals surface area contributed by atoms with Crippen LogP contribution in [0.15, 0.2) is 47.4 Å². The lowest BCUT2D eigenvalue weighted by Gasteiger charge is -2.33. The van der Waals surface area contributed by atoms with E-state index in [1.165, 1.54) is 22.8 Å². The number of hydrogen-bond donors (Lipinski definition) is 1. The number of hydrogen-bond acceptors (Lipinski definition) is 6. The molecule has 1 amide bonds. The molecule has 9 heteroatoms. The average molecular weight is 530 g/mol. The largest absolute Gasteiger partial charge is 0.496 e. The van der Waals surface area contributed by atoms with Crippen molar-refractivity contribution in [2.75, 3.05) is 51.4 Å². The lowest BCUT2D eigenvalue weighted by Crippen LogP contribution is -2.40. The molecule has 0 aromatic heterocycles. The molecule has 0 spiro atoms. The highest BCUT2D eigenvalue weighted by atomic mass is 32.2. The van der Waals surface area contributed by atoms with Crippen molar-refractivity contribution in [2.24, 2.45) is 5.92 Å². The number of anilines is 1. The Morgan fingerprint density at radius 3 is 2.54 bits per heavy atom. The highest BCUT2D eigenvalue weighted by Gasteiger charge is 2.27. The third-order valence-corrected chi connectivity index (χ3v) is 9.17. The van der Waals surface area contributed by atoms with Crippen molar-refractivity contribution in [3.05, 3.63) is 53.6 Å². The van der Waals surface area contributed by atoms with Crippen LogP contribution in [0.5, 0.6) is 5.75 Å². The Kier molecular flexibility index (Phi) is 9.10. The van der Waals surface area contributed by atoms with Crippen LogP contribution in [0.3, 0.4) is 0 Å². The van der Waals surface area contributed by atoms with Crippen LogP contribution in [0.1, 0.15) is 50.3 Å². The van der Waals surface area contributed by atoms with Gasteiger partial charge >= 0.3 is 0 Å². The van der Waals surface area contributed by atoms with Gasteiger partial charge in [-0.2, -0.15) is 4.31 Å². The van der Waals surface area contributed by atoms with E-state index in [-0.39, 0.29) is 23.3 Å². The molecule has 0 bridgehead atoms. The zero-order chi connectivity index (χ0) is 26.4. The molecule has 0 saturated carbocycles. The van der Waals surface area contributed by atoms with E-state index in [1.807, 2.05) is 6.92 Å². The predicted octanol–water partition coefficient (Wildman–Crippen LogP) is 3.76. The molecule has 2 fully saturated rings. The van der Waals surface area contributed by atoms with Crippen LogP contribution in [0, 0.1) is 5.92 Å². The number of benzene rings is 2. The monoisotopic (exact) mass is 529 g/mol. The first-order chi connectivity index (χ1) is 17.8. The zero-order valence-electron chi connectivity index (χ0n) is 22.1. The first kappa shape index (κ1) is 27.4. The zero-order valence-corrected chi connectivity index (χ0v) is 22.9. The summed E-state index contributed by atoms with van der Waals surface area (Å²) >= 11 is 0. The van der Waals surface area contributed by atoms with Gasteiger partial charge in [-0.25, -0.2) is 8.42 Å². The summed E-state index contributed by atoms with van der Waals surface area (Å²) in [5, 5.41) is 3.07. The van der Waals surface area contributed by atoms with Gasteiger partial charge in [-0.15, -0.1) is 0 Å². The third kappa shape index (κ3) is 6.83. The lowest BCUT2D eigenvalue weighted by molar-refractivity contribution is -0.121. The molecule has 2 aromatic rings. The number of aryl methyl sites for hydroxylation is 1. The van der Waals surface area contributed by atoms with E-state index in [4.69, 9.17) is 9.47 Å². The number of nitrogens with one attached hydrogen (secondary N) is 1. The van der Waals surface area contributed by atoms with Gasteiger partial charge in [-0.1, -0.05) is 19.1 Å². The Hall–Kier alpha value is -2.62. The Labute approximate surface area is 221 Å². The number of nitrogens with zero attached hydrogens (tertiary/aromatic N) is 2. The van der Waals surface area contributed by atoms with Crippen molar-refractivity contribution in [1.29, 1.82) is 0 Å². The van der Waals surface area contributed by atoms with Gasteiger partial charge in [0, 0.05) is 38.3 Å². The van der Waals surface area contributed by atoms with Gasteiger partial charge in [-0.05, 0) is 73.6 Å². The van der Waals surface area contributed by atoms with Crippen molar-refractivity contribution in [3.63, 3.8) is 0 Å². The van der Waals surface area contributed by atoms with E-state index in [2.05, 4.69) is 41.4 Å². The Bertz CT molecular complexity index is 1160. The number of carbonyl (C=O) groups excluding carboxylic acids is 1. The molecule has 2 saturated heterocycles. The second kappa shape index (κ2) is 12.3. The van der Waals surface area contributed by atoms with Crippen molar-refractivity contribution in [1.82, 2.24) is 9.62 Å². The van der Waals surface area contributed by atoms with Gasteiger partial charge in [0.25, 0.3) is 0 Å². The van der Waals surface area contributed by atoms with E-state index >= 15 is 0 Å². The van der Waals surface area contributed by atoms with Crippen molar-refractivity contribution < 1.29 is 22.7 Å². The van der Waals surface area contributed by atoms with Crippen LogP contribution in [0.2, 0.25) is 0 Å². The van der Waals surface area contributed by atoms with E-state index in [9.17, 15) is 13.2 Å². The Balaban J connectivity index is 1.36. The predicted molar refractivity (Wildman–Crippen MR) is 145 cm³/mol. The fraction of sp³-hybridized carbons (Fsp3) is 0.536. The molecule has 8 nitrogen and oxygen atoms in total. The first-order valence-corrected chi connectivity index (χ1v) is 14.6. The maximum atomic E-state index is 13.1. The average Bonchev–Trinajstić information content (AvgIpc) is 2.92. The van der Waals surface area contributed by atoms with E-state index in [0.717, 1.165) is 18.7 Å². The third-order valence-electron chi connectivity index (χ3n) is 7.27. The number of piperidine rings is 1. The standard InChI is InChI=1S/C28H39N3O5S/c1-21-5-4-14-30(20-21)25-9-6-23(7-10-25)22(2)29-28(32)13-8-24-19-26(11-12-27(24)35-3)37(33,34)31-15-17-36-18-16-31/h6-7,9-12,19,21-22H,4-5,8,13-18,20H2,1-3H3,(H,29,32)/t21-,22-/m0/s1. The number of amides is 1. The summed E-state index contributed by atoms with van der Waals surface area (Å²) in [7, 11) is -2.08. The Morgan fingerprint density at radius 2 is 1.86 bits per heavy atom. The van der Waals surface area contributed by atoms with E-state index in [1.54, 1.807) is 25.3 Å². The molecule has 2 aromatic carbocycles. The molecule has 37 heavy (non-hydrogen) atoms. The maximum absolute atomic E-state index is 13.1. The Morgan fingerprint density at radius 1 is 1.14 bits per heavy atom. The fourth-order valence-electron chi connectivity index (χ4n) is 5.09. The fourth-order valence-corrected chi connectivity index (χ4v) is 6.55. The van der Waals surface area contributed by atoms with Gasteiger partial charge in [0.05, 0.1) is 31.3 Å². The summed E-state index contributed by atoms with van der Waals surface area (Å²) in [6.07, 6.45) is 3.12. The quantitative estimate of drug-likeness (QED) is 0.532. The minimum Gasteiger partial charge on any atom is -0.496 e. The summed E-state index contributed by atoms with van der Waals surface area (Å²) in [4.78, 5) is 15.4. The van der Waals surface area contributed by atoms with E-state index < -0.39 is 10.0 Å². The highest BCUT2D eigenvalue weighted by Crippen LogP contribution is 2.27. The SMILES string of the molecule is COc1ccc(S(=O)(=O)N2CCOCC2)cc1CCC(=O)N[C@@H](C)c1ccc(N2CCC[C@H](C)C2)cc1. The van der Waals surface area contributed by atoms with Crippen molar-refractivity contribution >= 4 is 21.6 Å². The second-order valence-corrected chi connectivity index (χ2v) is 12.0. The summed E-state index contributed by atoms with van der Waals surface area (Å²) in [5.41, 5.74) is 2.98. The van der Waals surface area contributed by atoms with Crippen LogP contribution >= 0.6 is 0 Å². The molecule has 2 aliphatic rings. The minimum absolute atomic E-state index is 0.0927. The summed E-state index contributed by atoms with van der Waals surface area (Å²) in [5.74, 6) is 1.19. The van der Waals surface area contributed by atoms with Gasteiger partial charge < -0.3 is 19.7 Å². The molecule has 202 valence electrons. The van der Waals surface area contributed by atoms with Crippen LogP contribution in [0.25, 0.3) is 0 Å². The van der Waals surface area contributed by atoms with Crippen LogP contribution in [0.4, 0.5) is 5.69 Å². The topological polar surface area (TPSA) is 88.2 Å². The molecule has 0 radical (unpaired) electrons. The smallest absolute Gasteiger partial charge is 0.243 e. The highest BCUT2D eigenvalue weighted by molar-refractivity contribution is 7.89. The normalized spacial score (nSPS) is 19.9. The lowest BCUT2D eigenvalue weighted by atomic mass is 9.99. The van der Waals surface area contributed by atoms with Crippen LogP contribution in [-0.2, 0) is 26.0 Å². The molecule has 1 N–H and O–H groups in total. The summed E-state index contributed by atoms with van der Waals surface area (Å²) in [6.45, 7) is 7.91.